The lowest BCUT2D eigenvalue weighted by molar-refractivity contribution is -0.383. The number of ether oxygens (including phenoxy) is 2. The number of rotatable bonds is 7. The molecule has 8 nitrogen and oxygen atoms in total. The summed E-state index contributed by atoms with van der Waals surface area (Å²) in [4.78, 5) is 33.9. The summed E-state index contributed by atoms with van der Waals surface area (Å²) in [5.41, 5.74) is -0.218. The Labute approximate surface area is 143 Å². The summed E-state index contributed by atoms with van der Waals surface area (Å²) < 4.78 is 10.2. The van der Waals surface area contributed by atoms with Crippen LogP contribution in [0.4, 0.5) is 11.4 Å². The van der Waals surface area contributed by atoms with Crippen LogP contribution in [-0.4, -0.2) is 29.5 Å². The number of para-hydroxylation sites is 3. The highest BCUT2D eigenvalue weighted by molar-refractivity contribution is 5.95. The molecule has 0 aromatic heterocycles. The van der Waals surface area contributed by atoms with Gasteiger partial charge in [-0.15, -0.1) is 0 Å². The summed E-state index contributed by atoms with van der Waals surface area (Å²) in [7, 11) is 0. The van der Waals surface area contributed by atoms with E-state index < -0.39 is 29.5 Å². The second-order valence-corrected chi connectivity index (χ2v) is 5.00. The van der Waals surface area contributed by atoms with Crippen LogP contribution < -0.4 is 10.1 Å². The maximum atomic E-state index is 11.8. The van der Waals surface area contributed by atoms with Crippen LogP contribution in [0.3, 0.4) is 0 Å². The number of hydrogen-bond donors (Lipinski definition) is 1. The van der Waals surface area contributed by atoms with E-state index in [-0.39, 0.29) is 11.4 Å². The van der Waals surface area contributed by atoms with E-state index in [2.05, 4.69) is 5.32 Å². The van der Waals surface area contributed by atoms with Crippen molar-refractivity contribution < 1.29 is 24.0 Å². The molecule has 2 rings (SSSR count). The molecule has 0 aliphatic rings. The number of amides is 1. The van der Waals surface area contributed by atoms with Gasteiger partial charge in [0.25, 0.3) is 11.6 Å². The van der Waals surface area contributed by atoms with Gasteiger partial charge in [0, 0.05) is 6.07 Å². The quantitative estimate of drug-likeness (QED) is 0.470. The fourth-order valence-corrected chi connectivity index (χ4v) is 1.93. The van der Waals surface area contributed by atoms with Crippen LogP contribution in [0, 0.1) is 10.1 Å². The van der Waals surface area contributed by atoms with Crippen molar-refractivity contribution in [2.45, 2.75) is 13.0 Å². The van der Waals surface area contributed by atoms with E-state index in [4.69, 9.17) is 9.47 Å². The van der Waals surface area contributed by atoms with Crippen LogP contribution in [0.2, 0.25) is 0 Å². The number of anilines is 1. The summed E-state index contributed by atoms with van der Waals surface area (Å²) in [5, 5.41) is 13.2. The number of nitro groups is 1. The summed E-state index contributed by atoms with van der Waals surface area (Å²) in [5.74, 6) is -0.910. The average Bonchev–Trinajstić information content (AvgIpc) is 2.60. The van der Waals surface area contributed by atoms with Gasteiger partial charge in [-0.3, -0.25) is 14.9 Å². The number of esters is 1. The summed E-state index contributed by atoms with van der Waals surface area (Å²) >= 11 is 0. The first-order valence-corrected chi connectivity index (χ1v) is 7.39. The van der Waals surface area contributed by atoms with Crippen molar-refractivity contribution in [1.29, 1.82) is 0 Å². The molecule has 2 aromatic carbocycles. The minimum Gasteiger partial charge on any atom is -0.479 e. The summed E-state index contributed by atoms with van der Waals surface area (Å²) in [6.45, 7) is 0.919. The number of nitrogens with zero attached hydrogens (tertiary/aromatic N) is 1. The zero-order valence-corrected chi connectivity index (χ0v) is 13.4. The molecule has 0 fully saturated rings. The fraction of sp³-hybridized carbons (Fsp3) is 0.176. The van der Waals surface area contributed by atoms with Crippen molar-refractivity contribution in [1.82, 2.24) is 0 Å². The van der Waals surface area contributed by atoms with E-state index in [9.17, 15) is 19.7 Å². The van der Waals surface area contributed by atoms with Gasteiger partial charge in [0.2, 0.25) is 0 Å². The van der Waals surface area contributed by atoms with Gasteiger partial charge in [0.05, 0.1) is 4.92 Å². The van der Waals surface area contributed by atoms with E-state index in [1.165, 1.54) is 25.1 Å². The highest BCUT2D eigenvalue weighted by atomic mass is 16.6. The Bertz CT molecular complexity index is 763. The van der Waals surface area contributed by atoms with Gasteiger partial charge in [0.15, 0.2) is 12.7 Å². The molecule has 1 amide bonds. The highest BCUT2D eigenvalue weighted by Gasteiger charge is 2.19. The van der Waals surface area contributed by atoms with Crippen LogP contribution in [-0.2, 0) is 14.3 Å². The van der Waals surface area contributed by atoms with Gasteiger partial charge in [-0.1, -0.05) is 30.3 Å². The van der Waals surface area contributed by atoms with Crippen molar-refractivity contribution in [2.24, 2.45) is 0 Å². The largest absolute Gasteiger partial charge is 0.479 e. The van der Waals surface area contributed by atoms with Gasteiger partial charge < -0.3 is 14.8 Å². The maximum Gasteiger partial charge on any atom is 0.347 e. The van der Waals surface area contributed by atoms with Crippen LogP contribution in [0.1, 0.15) is 6.92 Å². The Hall–Kier alpha value is -3.42. The monoisotopic (exact) mass is 344 g/mol. The number of nitrogens with one attached hydrogen (secondary N) is 1. The zero-order valence-electron chi connectivity index (χ0n) is 13.4. The minimum atomic E-state index is -0.902. The van der Waals surface area contributed by atoms with E-state index in [0.29, 0.717) is 5.75 Å². The molecular weight excluding hydrogens is 328 g/mol. The predicted molar refractivity (Wildman–Crippen MR) is 89.2 cm³/mol. The topological polar surface area (TPSA) is 108 Å². The SMILES string of the molecule is C[C@H](Oc1ccccc1)C(=O)OCC(=O)Nc1ccccc1[N+](=O)[O-]. The Morgan fingerprint density at radius 1 is 1.12 bits per heavy atom. The molecular formula is C17H16N2O6. The summed E-state index contributed by atoms with van der Waals surface area (Å²) in [6.07, 6.45) is -0.902. The fourth-order valence-electron chi connectivity index (χ4n) is 1.93. The summed E-state index contributed by atoms with van der Waals surface area (Å²) in [6, 6.07) is 14.4. The zero-order chi connectivity index (χ0) is 18.2. The average molecular weight is 344 g/mol. The van der Waals surface area contributed by atoms with Crippen molar-refractivity contribution in [3.8, 4) is 5.75 Å². The molecule has 0 bridgehead atoms. The molecule has 0 unspecified atom stereocenters. The van der Waals surface area contributed by atoms with Crippen LogP contribution in [0.15, 0.2) is 54.6 Å². The smallest absolute Gasteiger partial charge is 0.347 e. The molecule has 0 radical (unpaired) electrons. The molecule has 0 saturated heterocycles. The van der Waals surface area contributed by atoms with E-state index in [1.807, 2.05) is 6.07 Å². The second kappa shape index (κ2) is 8.44. The van der Waals surface area contributed by atoms with Gasteiger partial charge in [0.1, 0.15) is 11.4 Å². The molecule has 0 saturated carbocycles. The maximum absolute atomic E-state index is 11.8. The van der Waals surface area contributed by atoms with Crippen molar-refractivity contribution in [3.63, 3.8) is 0 Å². The molecule has 130 valence electrons. The molecule has 8 heteroatoms. The molecule has 0 spiro atoms. The van der Waals surface area contributed by atoms with Gasteiger partial charge in [-0.05, 0) is 25.1 Å². The Morgan fingerprint density at radius 2 is 1.76 bits per heavy atom. The van der Waals surface area contributed by atoms with Crippen LogP contribution in [0.5, 0.6) is 5.75 Å². The van der Waals surface area contributed by atoms with E-state index in [1.54, 1.807) is 30.3 Å². The van der Waals surface area contributed by atoms with Gasteiger partial charge in [-0.2, -0.15) is 0 Å². The van der Waals surface area contributed by atoms with Crippen LogP contribution in [0.25, 0.3) is 0 Å². The number of carbonyl (C=O) groups is 2. The lowest BCUT2D eigenvalue weighted by Crippen LogP contribution is -2.29. The van der Waals surface area contributed by atoms with E-state index >= 15 is 0 Å². The number of nitro benzene ring substituents is 1. The normalized spacial score (nSPS) is 11.2. The van der Waals surface area contributed by atoms with Crippen LogP contribution >= 0.6 is 0 Å². The number of hydrogen-bond acceptors (Lipinski definition) is 6. The highest BCUT2D eigenvalue weighted by Crippen LogP contribution is 2.22. The standard InChI is InChI=1S/C17H16N2O6/c1-12(25-13-7-3-2-4-8-13)17(21)24-11-16(20)18-14-9-5-6-10-15(14)19(22)23/h2-10,12H,11H2,1H3,(H,18,20)/t12-/m0/s1. The van der Waals surface area contributed by atoms with Crippen molar-refractivity contribution in [2.75, 3.05) is 11.9 Å². The second-order valence-electron chi connectivity index (χ2n) is 5.00. The third-order valence-electron chi connectivity index (χ3n) is 3.11. The Kier molecular flexibility index (Phi) is 6.05. The molecule has 25 heavy (non-hydrogen) atoms. The molecule has 0 aliphatic heterocycles. The number of carbonyl (C=O) groups excluding carboxylic acids is 2. The minimum absolute atomic E-state index is 0.0298. The predicted octanol–water partition coefficient (Wildman–Crippen LogP) is 2.54. The van der Waals surface area contributed by atoms with Crippen molar-refractivity contribution >= 4 is 23.3 Å². The first-order chi connectivity index (χ1) is 12.0. The van der Waals surface area contributed by atoms with Gasteiger partial charge in [-0.25, -0.2) is 4.79 Å². The molecule has 0 heterocycles. The Morgan fingerprint density at radius 3 is 2.44 bits per heavy atom. The lowest BCUT2D eigenvalue weighted by Gasteiger charge is -2.13. The first-order valence-electron chi connectivity index (χ1n) is 7.39. The lowest BCUT2D eigenvalue weighted by atomic mass is 10.2. The first kappa shape index (κ1) is 17.9. The molecule has 1 N–H and O–H groups in total. The number of benzene rings is 2. The molecule has 0 aliphatic carbocycles. The Balaban J connectivity index is 1.85. The van der Waals surface area contributed by atoms with Gasteiger partial charge >= 0.3 is 5.97 Å². The van der Waals surface area contributed by atoms with E-state index in [0.717, 1.165) is 0 Å². The molecule has 1 atom stereocenters. The van der Waals surface area contributed by atoms with Crippen molar-refractivity contribution in [3.05, 3.63) is 64.7 Å². The molecule has 2 aromatic rings. The third kappa shape index (κ3) is 5.31. The third-order valence-corrected chi connectivity index (χ3v) is 3.11.